The van der Waals surface area contributed by atoms with Crippen molar-refractivity contribution >= 4 is 52.3 Å². The number of hydrogen-bond donors (Lipinski definition) is 2. The van der Waals surface area contributed by atoms with Gasteiger partial charge in [0.2, 0.25) is 0 Å². The van der Waals surface area contributed by atoms with Crippen LogP contribution in [-0.4, -0.2) is 17.2 Å². The molecule has 0 radical (unpaired) electrons. The number of rotatable bonds is 5. The molecule has 3 rings (SSSR count). The summed E-state index contributed by atoms with van der Waals surface area (Å²) in [5.41, 5.74) is 1.63. The van der Waals surface area contributed by atoms with E-state index in [0.717, 1.165) is 16.9 Å². The van der Waals surface area contributed by atoms with Gasteiger partial charge in [0.05, 0.1) is 5.69 Å². The van der Waals surface area contributed by atoms with Gasteiger partial charge in [-0.2, -0.15) is 0 Å². The third-order valence-corrected chi connectivity index (χ3v) is 5.13. The van der Waals surface area contributed by atoms with Crippen molar-refractivity contribution in [3.63, 3.8) is 0 Å². The van der Waals surface area contributed by atoms with Gasteiger partial charge in [0, 0.05) is 14.9 Å². The topological polar surface area (TPSA) is 75.6 Å². The van der Waals surface area contributed by atoms with E-state index < -0.39 is 12.1 Å². The molecular weight excluding hydrogens is 409 g/mol. The van der Waals surface area contributed by atoms with E-state index >= 15 is 0 Å². The zero-order valence-corrected chi connectivity index (χ0v) is 16.1. The smallest absolute Gasteiger partial charge is 0.412 e. The van der Waals surface area contributed by atoms with E-state index in [1.807, 2.05) is 30.3 Å². The number of carbonyl (C=O) groups is 2. The van der Waals surface area contributed by atoms with E-state index in [1.165, 1.54) is 0 Å². The third kappa shape index (κ3) is 5.01. The maximum absolute atomic E-state index is 12.1. The minimum atomic E-state index is -1.15. The molecule has 27 heavy (non-hydrogen) atoms. The first-order chi connectivity index (χ1) is 12.9. The number of benzene rings is 2. The molecule has 0 unspecified atom stereocenters. The van der Waals surface area contributed by atoms with E-state index in [4.69, 9.17) is 27.9 Å². The van der Waals surface area contributed by atoms with Crippen LogP contribution >= 0.6 is 34.5 Å². The average molecular weight is 422 g/mol. The van der Waals surface area contributed by atoms with Crippen molar-refractivity contribution in [2.75, 3.05) is 5.32 Å². The van der Waals surface area contributed by atoms with Crippen molar-refractivity contribution in [3.8, 4) is 10.4 Å². The minimum Gasteiger partial charge on any atom is -0.477 e. The monoisotopic (exact) mass is 421 g/mol. The molecule has 3 aromatic rings. The van der Waals surface area contributed by atoms with E-state index in [2.05, 4.69) is 5.32 Å². The van der Waals surface area contributed by atoms with Gasteiger partial charge >= 0.3 is 12.1 Å². The second kappa shape index (κ2) is 8.43. The fourth-order valence-electron chi connectivity index (χ4n) is 2.35. The lowest BCUT2D eigenvalue weighted by Crippen LogP contribution is -2.14. The Kier molecular flexibility index (Phi) is 6.01. The number of ether oxygens (including phenoxy) is 1. The van der Waals surface area contributed by atoms with Crippen LogP contribution < -0.4 is 5.32 Å². The summed E-state index contributed by atoms with van der Waals surface area (Å²) in [5, 5.41) is 12.8. The number of nitrogens with one attached hydrogen (secondary N) is 1. The van der Waals surface area contributed by atoms with Gasteiger partial charge < -0.3 is 9.84 Å². The van der Waals surface area contributed by atoms with Gasteiger partial charge in [-0.25, -0.2) is 9.59 Å². The number of halogens is 2. The van der Waals surface area contributed by atoms with Crippen molar-refractivity contribution in [2.24, 2.45) is 0 Å². The lowest BCUT2D eigenvalue weighted by atomic mass is 10.2. The van der Waals surface area contributed by atoms with Gasteiger partial charge in [-0.3, -0.25) is 5.32 Å². The first kappa shape index (κ1) is 19.2. The lowest BCUT2D eigenvalue weighted by Gasteiger charge is -2.06. The summed E-state index contributed by atoms with van der Waals surface area (Å²) in [6.45, 7) is 0.0793. The summed E-state index contributed by atoms with van der Waals surface area (Å²) >= 11 is 13.0. The Morgan fingerprint density at radius 3 is 2.33 bits per heavy atom. The van der Waals surface area contributed by atoms with Gasteiger partial charge in [0.15, 0.2) is 0 Å². The second-order valence-electron chi connectivity index (χ2n) is 5.50. The molecule has 0 aliphatic heterocycles. The summed E-state index contributed by atoms with van der Waals surface area (Å²) in [6.07, 6.45) is -0.741. The van der Waals surface area contributed by atoms with Crippen molar-refractivity contribution in [1.29, 1.82) is 0 Å². The SMILES string of the molecule is O=C(Nc1cc(-c2cc(Cl)cc(Cl)c2)sc1C(=O)O)OCc1ccccc1. The molecule has 0 aliphatic rings. The maximum Gasteiger partial charge on any atom is 0.412 e. The maximum atomic E-state index is 12.1. The number of hydrogen-bond acceptors (Lipinski definition) is 4. The molecule has 5 nitrogen and oxygen atoms in total. The molecule has 0 fully saturated rings. The van der Waals surface area contributed by atoms with Crippen LogP contribution in [0.3, 0.4) is 0 Å². The summed E-state index contributed by atoms with van der Waals surface area (Å²) in [4.78, 5) is 24.2. The average Bonchev–Trinajstić information content (AvgIpc) is 3.04. The van der Waals surface area contributed by atoms with Crippen molar-refractivity contribution < 1.29 is 19.4 Å². The molecule has 138 valence electrons. The summed E-state index contributed by atoms with van der Waals surface area (Å²) in [6, 6.07) is 15.6. The predicted octanol–water partition coefficient (Wildman–Crippen LogP) is 6.17. The van der Waals surface area contributed by atoms with E-state index in [0.29, 0.717) is 20.5 Å². The molecular formula is C19H13Cl2NO4S. The van der Waals surface area contributed by atoms with Crippen LogP contribution in [0, 0.1) is 0 Å². The summed E-state index contributed by atoms with van der Waals surface area (Å²) in [7, 11) is 0. The van der Waals surface area contributed by atoms with Crippen LogP contribution in [0.2, 0.25) is 10.0 Å². The van der Waals surface area contributed by atoms with Crippen LogP contribution in [0.4, 0.5) is 10.5 Å². The minimum absolute atomic E-state index is 0.0160. The quantitative estimate of drug-likeness (QED) is 0.516. The van der Waals surface area contributed by atoms with Crippen molar-refractivity contribution in [2.45, 2.75) is 6.61 Å². The highest BCUT2D eigenvalue weighted by Crippen LogP contribution is 2.37. The second-order valence-corrected chi connectivity index (χ2v) is 7.43. The van der Waals surface area contributed by atoms with Gasteiger partial charge in [0.1, 0.15) is 11.5 Å². The Morgan fingerprint density at radius 1 is 1.04 bits per heavy atom. The number of thiophene rings is 1. The first-order valence-electron chi connectivity index (χ1n) is 7.73. The fraction of sp³-hybridized carbons (Fsp3) is 0.0526. The van der Waals surface area contributed by atoms with E-state index in [-0.39, 0.29) is 17.2 Å². The largest absolute Gasteiger partial charge is 0.477 e. The lowest BCUT2D eigenvalue weighted by molar-refractivity contribution is 0.0703. The Morgan fingerprint density at radius 2 is 1.70 bits per heavy atom. The van der Waals surface area contributed by atoms with Crippen LogP contribution in [0.15, 0.2) is 54.6 Å². The van der Waals surface area contributed by atoms with E-state index in [1.54, 1.807) is 24.3 Å². The van der Waals surface area contributed by atoms with Crippen molar-refractivity contribution in [1.82, 2.24) is 0 Å². The highest BCUT2D eigenvalue weighted by atomic mass is 35.5. The standard InChI is InChI=1S/C19H13Cl2NO4S/c20-13-6-12(7-14(21)8-13)16-9-15(17(27-16)18(23)24)22-19(25)26-10-11-4-2-1-3-5-11/h1-9H,10H2,(H,22,25)(H,23,24). The Hall–Kier alpha value is -2.54. The van der Waals surface area contributed by atoms with Crippen LogP contribution in [0.5, 0.6) is 0 Å². The molecule has 0 aliphatic carbocycles. The van der Waals surface area contributed by atoms with E-state index in [9.17, 15) is 14.7 Å². The molecule has 0 spiro atoms. The predicted molar refractivity (Wildman–Crippen MR) is 107 cm³/mol. The molecule has 0 atom stereocenters. The highest BCUT2D eigenvalue weighted by molar-refractivity contribution is 7.18. The van der Waals surface area contributed by atoms with Gasteiger partial charge in [-0.1, -0.05) is 53.5 Å². The molecule has 0 saturated carbocycles. The molecule has 0 bridgehead atoms. The normalized spacial score (nSPS) is 10.4. The van der Waals surface area contributed by atoms with Crippen molar-refractivity contribution in [3.05, 3.63) is 75.1 Å². The highest BCUT2D eigenvalue weighted by Gasteiger charge is 2.19. The van der Waals surface area contributed by atoms with Gasteiger partial charge in [0.25, 0.3) is 0 Å². The Balaban J connectivity index is 1.79. The molecule has 1 amide bonds. The number of carboxylic acids is 1. The number of anilines is 1. The number of carboxylic acid groups (broad SMARTS) is 1. The third-order valence-electron chi connectivity index (χ3n) is 3.52. The summed E-state index contributed by atoms with van der Waals surface area (Å²) < 4.78 is 5.14. The van der Waals surface area contributed by atoms with Crippen LogP contribution in [-0.2, 0) is 11.3 Å². The van der Waals surface area contributed by atoms with Crippen LogP contribution in [0.25, 0.3) is 10.4 Å². The number of carbonyl (C=O) groups excluding carboxylic acids is 1. The van der Waals surface area contributed by atoms with Gasteiger partial charge in [-0.05, 0) is 35.4 Å². The molecule has 1 heterocycles. The number of amides is 1. The number of aromatic carboxylic acids is 1. The summed E-state index contributed by atoms with van der Waals surface area (Å²) in [5.74, 6) is -1.15. The molecule has 2 N–H and O–H groups in total. The molecule has 1 aromatic heterocycles. The Labute approximate surface area is 169 Å². The van der Waals surface area contributed by atoms with Crippen LogP contribution in [0.1, 0.15) is 15.2 Å². The molecule has 8 heteroatoms. The fourth-order valence-corrected chi connectivity index (χ4v) is 3.82. The zero-order valence-electron chi connectivity index (χ0n) is 13.7. The molecule has 0 saturated heterocycles. The van der Waals surface area contributed by atoms with Gasteiger partial charge in [-0.15, -0.1) is 11.3 Å². The first-order valence-corrected chi connectivity index (χ1v) is 9.31. The Bertz CT molecular complexity index is 968. The zero-order chi connectivity index (χ0) is 19.4. The molecule has 2 aromatic carbocycles.